The van der Waals surface area contributed by atoms with Crippen molar-refractivity contribution in [2.75, 3.05) is 13.2 Å². The van der Waals surface area contributed by atoms with E-state index in [1.807, 2.05) is 0 Å². The maximum Gasteiger partial charge on any atom is 2.00 e. The summed E-state index contributed by atoms with van der Waals surface area (Å²) in [4.78, 5) is 9.63. The van der Waals surface area contributed by atoms with Crippen LogP contribution in [0.15, 0.2) is 0 Å². The maximum absolute atomic E-state index is 9.63. The first-order chi connectivity index (χ1) is 3.27. The second kappa shape index (κ2) is 7.69. The van der Waals surface area contributed by atoms with Gasteiger partial charge in [-0.2, -0.15) is 0 Å². The van der Waals surface area contributed by atoms with Gasteiger partial charge in [-0.05, 0) is 6.92 Å². The molecule has 46 valence electrons. The number of rotatable bonds is 3. The molecule has 1 N–H and O–H groups in total. The van der Waals surface area contributed by atoms with Crippen molar-refractivity contribution in [2.24, 2.45) is 0 Å². The van der Waals surface area contributed by atoms with Gasteiger partial charge in [0, 0.05) is 6.61 Å². The second-order valence-corrected chi connectivity index (χ2v) is 1.03. The molecule has 0 aliphatic carbocycles. The SMILES string of the molecule is CCOCC(=O)O.[Ca+2].[H-].[H-]. The van der Waals surface area contributed by atoms with Crippen molar-refractivity contribution in [2.45, 2.75) is 6.92 Å². The molecule has 0 atom stereocenters. The Morgan fingerprint density at radius 2 is 2.38 bits per heavy atom. The molecule has 0 amide bonds. The maximum atomic E-state index is 9.63. The zero-order valence-corrected chi connectivity index (χ0v) is 7.09. The van der Waals surface area contributed by atoms with E-state index in [-0.39, 0.29) is 47.2 Å². The van der Waals surface area contributed by atoms with Crippen LogP contribution in [0.3, 0.4) is 0 Å². The van der Waals surface area contributed by atoms with Crippen LogP contribution >= 0.6 is 0 Å². The van der Waals surface area contributed by atoms with Gasteiger partial charge in [0.2, 0.25) is 0 Å². The van der Waals surface area contributed by atoms with Crippen molar-refractivity contribution in [3.8, 4) is 0 Å². The fraction of sp³-hybridized carbons (Fsp3) is 0.750. The van der Waals surface area contributed by atoms with Crippen molar-refractivity contribution in [1.82, 2.24) is 0 Å². The number of aliphatic carboxylic acids is 1. The zero-order valence-electron chi connectivity index (χ0n) is 6.89. The summed E-state index contributed by atoms with van der Waals surface area (Å²) < 4.78 is 4.50. The van der Waals surface area contributed by atoms with Crippen LogP contribution in [0.5, 0.6) is 0 Å². The molecular formula is C4H10CaO3. The molecule has 0 aromatic carbocycles. The fourth-order valence-electron chi connectivity index (χ4n) is 0.189. The molecule has 0 saturated carbocycles. The number of carboxylic acid groups (broad SMARTS) is 1. The van der Waals surface area contributed by atoms with Crippen LogP contribution in [0.4, 0.5) is 0 Å². The number of ether oxygens (including phenoxy) is 1. The third kappa shape index (κ3) is 9.85. The minimum atomic E-state index is -0.915. The largest absolute Gasteiger partial charge is 2.00 e. The molecule has 0 heterocycles. The third-order valence-corrected chi connectivity index (χ3v) is 0.430. The Bertz CT molecular complexity index is 71.5. The predicted octanol–water partition coefficient (Wildman–Crippen LogP) is -0.0483. The Balaban J connectivity index is -0.0000000600. The van der Waals surface area contributed by atoms with Gasteiger partial charge in [-0.1, -0.05) is 0 Å². The normalized spacial score (nSPS) is 7.62. The van der Waals surface area contributed by atoms with Crippen molar-refractivity contribution < 1.29 is 17.5 Å². The summed E-state index contributed by atoms with van der Waals surface area (Å²) in [6.45, 7) is 2.03. The first kappa shape index (κ1) is 11.5. The van der Waals surface area contributed by atoms with Crippen molar-refractivity contribution in [3.05, 3.63) is 0 Å². The Morgan fingerprint density at radius 3 is 2.50 bits per heavy atom. The van der Waals surface area contributed by atoms with Gasteiger partial charge < -0.3 is 12.7 Å². The van der Waals surface area contributed by atoms with Crippen LogP contribution in [0.25, 0.3) is 0 Å². The van der Waals surface area contributed by atoms with Gasteiger partial charge in [-0.15, -0.1) is 0 Å². The summed E-state index contributed by atoms with van der Waals surface area (Å²) in [6, 6.07) is 0. The predicted molar refractivity (Wildman–Crippen MR) is 32.1 cm³/mol. The van der Waals surface area contributed by atoms with Crippen LogP contribution in [-0.4, -0.2) is 62.0 Å². The number of carboxylic acids is 1. The minimum Gasteiger partial charge on any atom is -1.00 e. The summed E-state index contributed by atoms with van der Waals surface area (Å²) in [5.74, 6) is -0.915. The average molecular weight is 146 g/mol. The topological polar surface area (TPSA) is 46.5 Å². The first-order valence-corrected chi connectivity index (χ1v) is 2.07. The Hall–Kier alpha value is 0.690. The van der Waals surface area contributed by atoms with E-state index in [9.17, 15) is 4.79 Å². The molecule has 0 rings (SSSR count). The molecule has 0 saturated heterocycles. The van der Waals surface area contributed by atoms with E-state index >= 15 is 0 Å². The monoisotopic (exact) mass is 146 g/mol. The van der Waals surface area contributed by atoms with Gasteiger partial charge in [-0.25, -0.2) is 4.79 Å². The summed E-state index contributed by atoms with van der Waals surface area (Å²) in [7, 11) is 0. The fourth-order valence-corrected chi connectivity index (χ4v) is 0.189. The second-order valence-electron chi connectivity index (χ2n) is 1.03. The molecule has 4 heteroatoms. The van der Waals surface area contributed by atoms with E-state index in [4.69, 9.17) is 5.11 Å². The Morgan fingerprint density at radius 1 is 1.88 bits per heavy atom. The summed E-state index contributed by atoms with van der Waals surface area (Å²) in [5.41, 5.74) is 0. The molecule has 0 radical (unpaired) electrons. The summed E-state index contributed by atoms with van der Waals surface area (Å²) >= 11 is 0. The smallest absolute Gasteiger partial charge is 1.00 e. The molecule has 0 spiro atoms. The Labute approximate surface area is 81.0 Å². The van der Waals surface area contributed by atoms with Gasteiger partial charge >= 0.3 is 43.7 Å². The quantitative estimate of drug-likeness (QED) is 0.568. The molecule has 0 aromatic heterocycles. The van der Waals surface area contributed by atoms with Gasteiger partial charge in [0.25, 0.3) is 0 Å². The molecule has 0 unspecified atom stereocenters. The number of hydrogen-bond acceptors (Lipinski definition) is 2. The van der Waals surface area contributed by atoms with Gasteiger partial charge in [0.1, 0.15) is 6.61 Å². The van der Waals surface area contributed by atoms with Crippen LogP contribution in [0.1, 0.15) is 9.78 Å². The third-order valence-electron chi connectivity index (χ3n) is 0.430. The zero-order chi connectivity index (χ0) is 5.70. The van der Waals surface area contributed by atoms with Gasteiger partial charge in [0.15, 0.2) is 0 Å². The molecule has 3 nitrogen and oxygen atoms in total. The molecular weight excluding hydrogens is 136 g/mol. The average Bonchev–Trinajstić information content (AvgIpc) is 1.61. The van der Waals surface area contributed by atoms with Crippen LogP contribution in [0.2, 0.25) is 0 Å². The van der Waals surface area contributed by atoms with Crippen molar-refractivity contribution >= 4 is 43.7 Å². The molecule has 0 bridgehead atoms. The Kier molecular flexibility index (Phi) is 11.0. The standard InChI is InChI=1S/C4H8O3.Ca.2H/c1-2-7-3-4(5)6;;;/h2-3H2,1H3,(H,5,6);;;/q;+2;2*-1. The first-order valence-electron chi connectivity index (χ1n) is 2.07. The summed E-state index contributed by atoms with van der Waals surface area (Å²) in [5, 5.41) is 7.92. The number of carbonyl (C=O) groups is 1. The molecule has 8 heavy (non-hydrogen) atoms. The molecule has 0 aliphatic heterocycles. The van der Waals surface area contributed by atoms with Crippen LogP contribution < -0.4 is 0 Å². The minimum absolute atomic E-state index is 0. The van der Waals surface area contributed by atoms with Crippen LogP contribution in [0, 0.1) is 0 Å². The van der Waals surface area contributed by atoms with Gasteiger partial charge in [-0.3, -0.25) is 0 Å². The van der Waals surface area contributed by atoms with Crippen molar-refractivity contribution in [3.63, 3.8) is 0 Å². The van der Waals surface area contributed by atoms with E-state index in [0.717, 1.165) is 0 Å². The summed E-state index contributed by atoms with van der Waals surface area (Å²) in [6.07, 6.45) is 0. The van der Waals surface area contributed by atoms with E-state index in [1.54, 1.807) is 6.92 Å². The molecule has 0 aromatic rings. The van der Waals surface area contributed by atoms with E-state index in [2.05, 4.69) is 4.74 Å². The van der Waals surface area contributed by atoms with Crippen LogP contribution in [-0.2, 0) is 9.53 Å². The molecule has 0 fully saturated rings. The van der Waals surface area contributed by atoms with E-state index < -0.39 is 5.97 Å². The van der Waals surface area contributed by atoms with E-state index in [0.29, 0.717) is 6.61 Å². The van der Waals surface area contributed by atoms with Gasteiger partial charge in [0.05, 0.1) is 0 Å². The number of hydrogen-bond donors (Lipinski definition) is 1. The molecule has 0 aliphatic rings. The van der Waals surface area contributed by atoms with Crippen molar-refractivity contribution in [1.29, 1.82) is 0 Å². The van der Waals surface area contributed by atoms with E-state index in [1.165, 1.54) is 0 Å².